The highest BCUT2D eigenvalue weighted by molar-refractivity contribution is 6.31. The molecule has 0 saturated heterocycles. The van der Waals surface area contributed by atoms with Gasteiger partial charge in [-0.25, -0.2) is 9.18 Å². The molecule has 7 heteroatoms. The fourth-order valence-corrected chi connectivity index (χ4v) is 1.45. The molecular weight excluding hydrogens is 265 g/mol. The van der Waals surface area contributed by atoms with E-state index in [1.54, 1.807) is 0 Å². The maximum Gasteiger partial charge on any atom is 0.328 e. The summed E-state index contributed by atoms with van der Waals surface area (Å²) in [6.45, 7) is 1.20. The maximum absolute atomic E-state index is 13.3. The first-order valence-electron chi connectivity index (χ1n) is 4.99. The van der Waals surface area contributed by atoms with Crippen LogP contribution in [0.2, 0.25) is 5.02 Å². The van der Waals surface area contributed by atoms with E-state index in [1.165, 1.54) is 13.0 Å². The van der Waals surface area contributed by atoms with Crippen molar-refractivity contribution in [3.8, 4) is 0 Å². The minimum absolute atomic E-state index is 0.144. The van der Waals surface area contributed by atoms with Gasteiger partial charge in [0.25, 0.3) is 5.91 Å². The van der Waals surface area contributed by atoms with Crippen LogP contribution in [0.3, 0.4) is 0 Å². The van der Waals surface area contributed by atoms with E-state index in [9.17, 15) is 19.1 Å². The Morgan fingerprint density at radius 1 is 1.44 bits per heavy atom. The molecule has 2 atom stereocenters. The molecule has 18 heavy (non-hydrogen) atoms. The van der Waals surface area contributed by atoms with E-state index in [0.717, 1.165) is 12.1 Å². The lowest BCUT2D eigenvalue weighted by atomic mass is 10.1. The smallest absolute Gasteiger partial charge is 0.328 e. The number of hydrogen-bond acceptors (Lipinski definition) is 3. The zero-order valence-corrected chi connectivity index (χ0v) is 10.1. The number of aliphatic hydroxyl groups excluding tert-OH is 1. The number of carboxylic acid groups (broad SMARTS) is 1. The van der Waals surface area contributed by atoms with Gasteiger partial charge in [0.1, 0.15) is 5.82 Å². The molecule has 0 saturated carbocycles. The van der Waals surface area contributed by atoms with Crippen molar-refractivity contribution in [1.29, 1.82) is 0 Å². The van der Waals surface area contributed by atoms with Crippen LogP contribution in [0, 0.1) is 5.82 Å². The largest absolute Gasteiger partial charge is 0.480 e. The molecule has 0 unspecified atom stereocenters. The lowest BCUT2D eigenvalue weighted by Gasteiger charge is -2.17. The molecule has 1 aromatic rings. The molecule has 1 amide bonds. The van der Waals surface area contributed by atoms with Gasteiger partial charge in [0, 0.05) is 5.02 Å². The topological polar surface area (TPSA) is 86.6 Å². The van der Waals surface area contributed by atoms with Gasteiger partial charge in [-0.2, -0.15) is 0 Å². The van der Waals surface area contributed by atoms with Gasteiger partial charge in [0.15, 0.2) is 6.04 Å². The quantitative estimate of drug-likeness (QED) is 0.766. The summed E-state index contributed by atoms with van der Waals surface area (Å²) < 4.78 is 13.3. The van der Waals surface area contributed by atoms with Gasteiger partial charge in [-0.15, -0.1) is 0 Å². The van der Waals surface area contributed by atoms with E-state index in [1.807, 2.05) is 5.32 Å². The Labute approximate surface area is 107 Å². The zero-order chi connectivity index (χ0) is 13.9. The van der Waals surface area contributed by atoms with Crippen molar-refractivity contribution in [2.24, 2.45) is 0 Å². The third kappa shape index (κ3) is 3.41. The number of carbonyl (C=O) groups excluding carboxylic acids is 1. The molecule has 1 rings (SSSR count). The summed E-state index contributed by atoms with van der Waals surface area (Å²) in [7, 11) is 0. The standard InChI is InChI=1S/C11H11ClFNO4/c1-5(15)9(11(17)18)14-10(16)7-4-6(12)2-3-8(7)13/h2-5,9,15H,1H3,(H,14,16)(H,17,18)/t5-,9-/m0/s1. The Kier molecular flexibility index (Phi) is 4.63. The summed E-state index contributed by atoms with van der Waals surface area (Å²) in [5.74, 6) is -3.20. The molecule has 0 heterocycles. The minimum atomic E-state index is -1.52. The van der Waals surface area contributed by atoms with Crippen molar-refractivity contribution in [1.82, 2.24) is 5.32 Å². The Hall–Kier alpha value is -1.66. The first-order valence-corrected chi connectivity index (χ1v) is 5.37. The van der Waals surface area contributed by atoms with Crippen LogP contribution in [-0.4, -0.2) is 34.2 Å². The average molecular weight is 276 g/mol. The molecule has 0 aromatic heterocycles. The predicted molar refractivity (Wildman–Crippen MR) is 62.0 cm³/mol. The van der Waals surface area contributed by atoms with E-state index >= 15 is 0 Å². The zero-order valence-electron chi connectivity index (χ0n) is 9.35. The van der Waals surface area contributed by atoms with E-state index in [0.29, 0.717) is 0 Å². The van der Waals surface area contributed by atoms with E-state index in [4.69, 9.17) is 16.7 Å². The SMILES string of the molecule is C[C@H](O)[C@H](NC(=O)c1cc(Cl)ccc1F)C(=O)O. The number of benzene rings is 1. The molecule has 0 aliphatic heterocycles. The number of halogens is 2. The summed E-state index contributed by atoms with van der Waals surface area (Å²) in [5.41, 5.74) is -0.380. The molecule has 0 aliphatic rings. The number of carboxylic acids is 1. The molecule has 98 valence electrons. The number of aliphatic carboxylic acids is 1. The number of nitrogens with one attached hydrogen (secondary N) is 1. The first kappa shape index (κ1) is 14.4. The lowest BCUT2D eigenvalue weighted by molar-refractivity contribution is -0.141. The summed E-state index contributed by atoms with van der Waals surface area (Å²) >= 11 is 5.61. The number of hydrogen-bond donors (Lipinski definition) is 3. The van der Waals surface area contributed by atoms with E-state index in [2.05, 4.69) is 0 Å². The van der Waals surface area contributed by atoms with Gasteiger partial charge in [-0.3, -0.25) is 4.79 Å². The Morgan fingerprint density at radius 2 is 2.06 bits per heavy atom. The monoisotopic (exact) mass is 275 g/mol. The van der Waals surface area contributed by atoms with Crippen LogP contribution in [0.5, 0.6) is 0 Å². The Morgan fingerprint density at radius 3 is 2.56 bits per heavy atom. The molecule has 0 radical (unpaired) electrons. The molecule has 5 nitrogen and oxygen atoms in total. The molecule has 0 aliphatic carbocycles. The van der Waals surface area contributed by atoms with Gasteiger partial charge in [0.2, 0.25) is 0 Å². The van der Waals surface area contributed by atoms with E-state index < -0.39 is 29.8 Å². The highest BCUT2D eigenvalue weighted by Crippen LogP contribution is 2.15. The summed E-state index contributed by atoms with van der Waals surface area (Å²) in [5, 5.41) is 20.1. The van der Waals surface area contributed by atoms with Crippen LogP contribution in [0.4, 0.5) is 4.39 Å². The number of carbonyl (C=O) groups is 2. The second-order valence-corrected chi connectivity index (χ2v) is 4.09. The second-order valence-electron chi connectivity index (χ2n) is 3.65. The van der Waals surface area contributed by atoms with Gasteiger partial charge in [-0.1, -0.05) is 11.6 Å². The third-order valence-electron chi connectivity index (χ3n) is 2.21. The molecular formula is C11H11ClFNO4. The molecule has 0 fully saturated rings. The van der Waals surface area contributed by atoms with Crippen LogP contribution in [0.15, 0.2) is 18.2 Å². The molecule has 3 N–H and O–H groups in total. The number of aliphatic hydroxyl groups is 1. The average Bonchev–Trinajstić information content (AvgIpc) is 2.28. The predicted octanol–water partition coefficient (Wildman–Crippen LogP) is 1.04. The third-order valence-corrected chi connectivity index (χ3v) is 2.44. The van der Waals surface area contributed by atoms with Crippen molar-refractivity contribution in [2.75, 3.05) is 0 Å². The normalized spacial score (nSPS) is 13.8. The van der Waals surface area contributed by atoms with Gasteiger partial charge in [-0.05, 0) is 25.1 Å². The van der Waals surface area contributed by atoms with Crippen molar-refractivity contribution in [3.05, 3.63) is 34.6 Å². The Balaban J connectivity index is 2.94. The summed E-state index contributed by atoms with van der Waals surface area (Å²) in [4.78, 5) is 22.4. The van der Waals surface area contributed by atoms with Gasteiger partial charge in [0.05, 0.1) is 11.7 Å². The van der Waals surface area contributed by atoms with Crippen LogP contribution in [0.1, 0.15) is 17.3 Å². The molecule has 0 bridgehead atoms. The maximum atomic E-state index is 13.3. The van der Waals surface area contributed by atoms with Crippen molar-refractivity contribution < 1.29 is 24.2 Å². The Bertz CT molecular complexity index is 478. The van der Waals surface area contributed by atoms with Crippen LogP contribution in [-0.2, 0) is 4.79 Å². The summed E-state index contributed by atoms with van der Waals surface area (Å²) in [6, 6.07) is 1.82. The van der Waals surface area contributed by atoms with Crippen molar-refractivity contribution >= 4 is 23.5 Å². The fourth-order valence-electron chi connectivity index (χ4n) is 1.28. The van der Waals surface area contributed by atoms with Crippen LogP contribution in [0.25, 0.3) is 0 Å². The minimum Gasteiger partial charge on any atom is -0.480 e. The van der Waals surface area contributed by atoms with Crippen LogP contribution < -0.4 is 5.32 Å². The highest BCUT2D eigenvalue weighted by Gasteiger charge is 2.26. The number of amides is 1. The van der Waals surface area contributed by atoms with Crippen LogP contribution >= 0.6 is 11.6 Å². The van der Waals surface area contributed by atoms with Gasteiger partial charge < -0.3 is 15.5 Å². The fraction of sp³-hybridized carbons (Fsp3) is 0.273. The highest BCUT2D eigenvalue weighted by atomic mass is 35.5. The van der Waals surface area contributed by atoms with Gasteiger partial charge >= 0.3 is 5.97 Å². The lowest BCUT2D eigenvalue weighted by Crippen LogP contribution is -2.47. The first-order chi connectivity index (χ1) is 8.32. The van der Waals surface area contributed by atoms with E-state index in [-0.39, 0.29) is 10.6 Å². The second kappa shape index (κ2) is 5.79. The van der Waals surface area contributed by atoms with Crippen molar-refractivity contribution in [3.63, 3.8) is 0 Å². The number of rotatable bonds is 4. The molecule has 0 spiro atoms. The molecule has 1 aromatic carbocycles. The summed E-state index contributed by atoms with van der Waals surface area (Å²) in [6.07, 6.45) is -1.31. The van der Waals surface area contributed by atoms with Crippen molar-refractivity contribution in [2.45, 2.75) is 19.1 Å².